The monoisotopic (exact) mass is 767 g/mol. The first-order valence-electron chi connectivity index (χ1n) is 16.5. The maximum absolute atomic E-state index is 14.0. The lowest BCUT2D eigenvalue weighted by Crippen LogP contribution is -2.44. The summed E-state index contributed by atoms with van der Waals surface area (Å²) in [6, 6.07) is 9.88. The highest BCUT2D eigenvalue weighted by molar-refractivity contribution is 7.85. The van der Waals surface area contributed by atoms with Crippen molar-refractivity contribution >= 4 is 46.8 Å². The first-order chi connectivity index (χ1) is 23.7. The zero-order valence-electron chi connectivity index (χ0n) is 27.7. The molecule has 0 bridgehead atoms. The molecule has 13 nitrogen and oxygen atoms in total. The fourth-order valence-corrected chi connectivity index (χ4v) is 7.02. The average Bonchev–Trinajstić information content (AvgIpc) is 3.59. The van der Waals surface area contributed by atoms with Crippen LogP contribution in [0.4, 0.5) is 30.5 Å². The van der Waals surface area contributed by atoms with E-state index in [-0.39, 0.29) is 68.5 Å². The maximum atomic E-state index is 14.0. The summed E-state index contributed by atoms with van der Waals surface area (Å²) in [5.74, 6) is -1.73. The van der Waals surface area contributed by atoms with Gasteiger partial charge in [0.1, 0.15) is 17.7 Å². The molecule has 3 aromatic rings. The number of alkyl halides is 3. The molecule has 3 heterocycles. The van der Waals surface area contributed by atoms with Crippen LogP contribution in [0.3, 0.4) is 0 Å². The van der Waals surface area contributed by atoms with Crippen molar-refractivity contribution in [2.45, 2.75) is 71.0 Å². The minimum Gasteiger partial charge on any atom is -0.381 e. The molecule has 0 radical (unpaired) electrons. The van der Waals surface area contributed by atoms with Gasteiger partial charge in [0.05, 0.1) is 23.1 Å². The fourth-order valence-electron chi connectivity index (χ4n) is 6.51. The Balaban J connectivity index is 0.00000364. The SMILES string of the molecule is C.N#Cc1ccc(CCNC(=O)[C@@H]2CCCN2c2cc(N3CCC(CCNc4c(CCCS(=O)(=O)O)c(=O)c4=O)CC3)nc(C(F)(F)F)n2)cc1.S. The predicted octanol–water partition coefficient (Wildman–Crippen LogP) is 3.58. The van der Waals surface area contributed by atoms with Crippen LogP contribution >= 0.6 is 13.5 Å². The number of nitrogens with one attached hydrogen (secondary N) is 2. The highest BCUT2D eigenvalue weighted by Crippen LogP contribution is 2.34. The number of hydrogen-bond acceptors (Lipinski definition) is 11. The van der Waals surface area contributed by atoms with Gasteiger partial charge in [-0.3, -0.25) is 18.9 Å². The van der Waals surface area contributed by atoms with Gasteiger partial charge in [0.2, 0.25) is 22.6 Å². The Hall–Kier alpha value is -4.21. The molecule has 2 aliphatic heterocycles. The Morgan fingerprint density at radius 3 is 2.31 bits per heavy atom. The number of halogens is 3. The highest BCUT2D eigenvalue weighted by atomic mass is 32.2. The molecule has 18 heteroatoms. The van der Waals surface area contributed by atoms with Gasteiger partial charge in [0.25, 0.3) is 10.1 Å². The second-order valence-electron chi connectivity index (χ2n) is 12.7. The molecule has 0 spiro atoms. The lowest BCUT2D eigenvalue weighted by atomic mass is 9.93. The number of amides is 1. The minimum atomic E-state index is -4.80. The number of nitrogens with zero attached hydrogens (tertiary/aromatic N) is 5. The van der Waals surface area contributed by atoms with Crippen LogP contribution in [-0.4, -0.2) is 73.4 Å². The Morgan fingerprint density at radius 1 is 1.00 bits per heavy atom. The molecule has 284 valence electrons. The summed E-state index contributed by atoms with van der Waals surface area (Å²) in [7, 11) is -4.18. The van der Waals surface area contributed by atoms with E-state index in [1.807, 2.05) is 12.1 Å². The van der Waals surface area contributed by atoms with Gasteiger partial charge in [0.15, 0.2) is 0 Å². The first-order valence-corrected chi connectivity index (χ1v) is 18.1. The van der Waals surface area contributed by atoms with Gasteiger partial charge in [-0.15, -0.1) is 0 Å². The lowest BCUT2D eigenvalue weighted by Gasteiger charge is -2.34. The average molecular weight is 768 g/mol. The van der Waals surface area contributed by atoms with Crippen LogP contribution in [0.1, 0.15) is 68.5 Å². The summed E-state index contributed by atoms with van der Waals surface area (Å²) in [5.41, 5.74) is 0.517. The van der Waals surface area contributed by atoms with E-state index in [4.69, 9.17) is 9.81 Å². The van der Waals surface area contributed by atoms with Crippen LogP contribution < -0.4 is 31.3 Å². The molecular formula is C34H44F3N7O6S2. The van der Waals surface area contributed by atoms with Crippen LogP contribution in [0, 0.1) is 17.2 Å². The van der Waals surface area contributed by atoms with E-state index >= 15 is 0 Å². The molecule has 1 aromatic heterocycles. The van der Waals surface area contributed by atoms with Crippen molar-refractivity contribution in [3.8, 4) is 6.07 Å². The van der Waals surface area contributed by atoms with Gasteiger partial charge < -0.3 is 20.4 Å². The van der Waals surface area contributed by atoms with E-state index in [1.54, 1.807) is 21.9 Å². The van der Waals surface area contributed by atoms with Gasteiger partial charge in [-0.2, -0.15) is 40.3 Å². The second kappa shape index (κ2) is 18.0. The zero-order valence-corrected chi connectivity index (χ0v) is 29.5. The predicted molar refractivity (Wildman–Crippen MR) is 197 cm³/mol. The fraction of sp³-hybridized carbons (Fsp3) is 0.529. The van der Waals surface area contributed by atoms with E-state index in [0.717, 1.165) is 5.56 Å². The summed E-state index contributed by atoms with van der Waals surface area (Å²) < 4.78 is 72.7. The molecule has 0 aliphatic carbocycles. The number of anilines is 3. The van der Waals surface area contributed by atoms with Gasteiger partial charge in [0, 0.05) is 44.4 Å². The highest BCUT2D eigenvalue weighted by Gasteiger charge is 2.39. The van der Waals surface area contributed by atoms with Gasteiger partial charge in [-0.05, 0) is 75.0 Å². The molecule has 2 aromatic carbocycles. The smallest absolute Gasteiger partial charge is 0.381 e. The molecule has 1 atom stereocenters. The molecule has 0 saturated carbocycles. The van der Waals surface area contributed by atoms with Crippen LogP contribution in [0.5, 0.6) is 0 Å². The Kier molecular flexibility index (Phi) is 14.6. The van der Waals surface area contributed by atoms with E-state index in [9.17, 15) is 36.0 Å². The molecule has 2 fully saturated rings. The van der Waals surface area contributed by atoms with E-state index < -0.39 is 44.8 Å². The number of nitriles is 1. The summed E-state index contributed by atoms with van der Waals surface area (Å²) in [5, 5.41) is 14.8. The summed E-state index contributed by atoms with van der Waals surface area (Å²) in [4.78, 5) is 48.2. The van der Waals surface area contributed by atoms with Crippen LogP contribution in [0.15, 0.2) is 39.9 Å². The standard InChI is InChI=1S/C33H38F3N7O6S.CH4.H2S/c34-33(35,36)32-40-26(19-27(41-32)43-15-1-4-25(43)31(46)39-14-10-21-5-7-23(20-37)8-6-21)42-16-11-22(12-17-42)9-13-38-28-24(29(44)30(28)45)3-2-18-50(47,48)49;;/h5-8,19,22,25,38H,1-4,9-18H2,(H,39,46)(H,47,48,49);1H4;1H2/t25-;;/m0../s1. The molecule has 2 saturated heterocycles. The third-order valence-electron chi connectivity index (χ3n) is 9.23. The Bertz CT molecular complexity index is 1900. The van der Waals surface area contributed by atoms with E-state index in [2.05, 4.69) is 26.7 Å². The van der Waals surface area contributed by atoms with Crippen LogP contribution in [0.25, 0.3) is 0 Å². The number of benzene rings is 1. The van der Waals surface area contributed by atoms with Crippen molar-refractivity contribution in [3.05, 3.63) is 73.3 Å². The van der Waals surface area contributed by atoms with E-state index in [0.29, 0.717) is 76.8 Å². The van der Waals surface area contributed by atoms with Gasteiger partial charge >= 0.3 is 6.18 Å². The second-order valence-corrected chi connectivity index (χ2v) is 14.2. The van der Waals surface area contributed by atoms with Crippen molar-refractivity contribution in [1.29, 1.82) is 5.26 Å². The largest absolute Gasteiger partial charge is 0.451 e. The molecule has 1 amide bonds. The molecule has 0 unspecified atom stereocenters. The third-order valence-corrected chi connectivity index (χ3v) is 10.0. The number of carbonyl (C=O) groups is 1. The van der Waals surface area contributed by atoms with Crippen LogP contribution in [0.2, 0.25) is 0 Å². The summed E-state index contributed by atoms with van der Waals surface area (Å²) >= 11 is 0. The van der Waals surface area contributed by atoms with E-state index in [1.165, 1.54) is 6.07 Å². The summed E-state index contributed by atoms with van der Waals surface area (Å²) in [6.07, 6.45) is -1.22. The summed E-state index contributed by atoms with van der Waals surface area (Å²) in [6.45, 7) is 1.93. The number of hydrogen-bond donors (Lipinski definition) is 3. The van der Waals surface area contributed by atoms with Crippen molar-refractivity contribution in [3.63, 3.8) is 0 Å². The minimum absolute atomic E-state index is 0. The number of carbonyl (C=O) groups excluding carboxylic acids is 1. The van der Waals surface area contributed by atoms with Gasteiger partial charge in [-0.25, -0.2) is 9.97 Å². The normalized spacial score (nSPS) is 16.6. The third kappa shape index (κ3) is 10.7. The number of aromatic nitrogens is 2. The van der Waals surface area contributed by atoms with Crippen molar-refractivity contribution < 1.29 is 30.9 Å². The molecule has 3 N–H and O–H groups in total. The van der Waals surface area contributed by atoms with Gasteiger partial charge in [-0.1, -0.05) is 19.6 Å². The van der Waals surface area contributed by atoms with Crippen molar-refractivity contribution in [2.24, 2.45) is 5.92 Å². The molecule has 52 heavy (non-hydrogen) atoms. The topological polar surface area (TPSA) is 186 Å². The molecule has 2 aliphatic rings. The Morgan fingerprint density at radius 2 is 1.67 bits per heavy atom. The van der Waals surface area contributed by atoms with Crippen LogP contribution in [-0.2, 0) is 33.9 Å². The Labute approximate surface area is 307 Å². The molecule has 5 rings (SSSR count). The van der Waals surface area contributed by atoms with Crippen molar-refractivity contribution in [2.75, 3.05) is 53.6 Å². The van der Waals surface area contributed by atoms with Crippen molar-refractivity contribution in [1.82, 2.24) is 15.3 Å². The number of piperidine rings is 1. The first kappa shape index (κ1) is 42.2. The maximum Gasteiger partial charge on any atom is 0.451 e. The molecular weight excluding hydrogens is 724 g/mol. The zero-order chi connectivity index (χ0) is 36.1. The number of rotatable bonds is 14. The quantitative estimate of drug-likeness (QED) is 0.160. The lowest BCUT2D eigenvalue weighted by molar-refractivity contribution is -0.144.